The highest BCUT2D eigenvalue weighted by molar-refractivity contribution is 5.82. The molecule has 5 heteroatoms. The van der Waals surface area contributed by atoms with Crippen LogP contribution < -0.4 is 10.2 Å². The van der Waals surface area contributed by atoms with Gasteiger partial charge in [-0.1, -0.05) is 38.1 Å². The topological polar surface area (TPSA) is 50.7 Å². The van der Waals surface area contributed by atoms with Gasteiger partial charge in [0, 0.05) is 0 Å². The maximum atomic E-state index is 13.0. The molecule has 0 aliphatic heterocycles. The van der Waals surface area contributed by atoms with Gasteiger partial charge in [-0.15, -0.1) is 0 Å². The quantitative estimate of drug-likeness (QED) is 0.619. The molecular formula is C19H21FN2O2. The molecule has 0 saturated carbocycles. The SMILES string of the molecule is CCC(C)c1ccc(OCC(=O)NN=Cc2cccc(F)c2)cc1. The maximum Gasteiger partial charge on any atom is 0.277 e. The van der Waals surface area contributed by atoms with Crippen molar-refractivity contribution in [1.82, 2.24) is 5.43 Å². The van der Waals surface area contributed by atoms with Crippen molar-refractivity contribution in [2.45, 2.75) is 26.2 Å². The van der Waals surface area contributed by atoms with Gasteiger partial charge in [0.05, 0.1) is 6.21 Å². The smallest absolute Gasteiger partial charge is 0.277 e. The Hall–Kier alpha value is -2.69. The minimum atomic E-state index is -0.381. The number of carbonyl (C=O) groups is 1. The van der Waals surface area contributed by atoms with E-state index in [9.17, 15) is 9.18 Å². The zero-order chi connectivity index (χ0) is 17.4. The van der Waals surface area contributed by atoms with Gasteiger partial charge >= 0.3 is 0 Å². The molecule has 2 aromatic carbocycles. The Morgan fingerprint density at radius 1 is 1.29 bits per heavy atom. The van der Waals surface area contributed by atoms with Crippen LogP contribution in [0.5, 0.6) is 5.75 Å². The van der Waals surface area contributed by atoms with Gasteiger partial charge in [-0.05, 0) is 47.7 Å². The lowest BCUT2D eigenvalue weighted by molar-refractivity contribution is -0.123. The highest BCUT2D eigenvalue weighted by Crippen LogP contribution is 2.21. The number of nitrogens with zero attached hydrogens (tertiary/aromatic N) is 1. The second-order valence-electron chi connectivity index (χ2n) is 5.52. The summed E-state index contributed by atoms with van der Waals surface area (Å²) >= 11 is 0. The number of halogens is 1. The minimum Gasteiger partial charge on any atom is -0.484 e. The van der Waals surface area contributed by atoms with E-state index in [1.165, 1.54) is 23.9 Å². The fourth-order valence-electron chi connectivity index (χ4n) is 2.08. The fourth-order valence-corrected chi connectivity index (χ4v) is 2.08. The average molecular weight is 328 g/mol. The van der Waals surface area contributed by atoms with Crippen LogP contribution >= 0.6 is 0 Å². The molecule has 1 unspecified atom stereocenters. The highest BCUT2D eigenvalue weighted by atomic mass is 19.1. The highest BCUT2D eigenvalue weighted by Gasteiger charge is 2.04. The molecule has 0 heterocycles. The Morgan fingerprint density at radius 2 is 2.04 bits per heavy atom. The molecule has 0 spiro atoms. The van der Waals surface area contributed by atoms with Crippen LogP contribution in [0.1, 0.15) is 37.3 Å². The first-order valence-corrected chi connectivity index (χ1v) is 7.88. The fraction of sp³-hybridized carbons (Fsp3) is 0.263. The van der Waals surface area contributed by atoms with Crippen molar-refractivity contribution >= 4 is 12.1 Å². The van der Waals surface area contributed by atoms with E-state index >= 15 is 0 Å². The molecular weight excluding hydrogens is 307 g/mol. The van der Waals surface area contributed by atoms with Crippen LogP contribution in [-0.4, -0.2) is 18.7 Å². The number of carbonyl (C=O) groups excluding carboxylic acids is 1. The molecule has 0 saturated heterocycles. The van der Waals surface area contributed by atoms with Gasteiger partial charge in [0.15, 0.2) is 6.61 Å². The second kappa shape index (κ2) is 8.82. The van der Waals surface area contributed by atoms with E-state index in [0.717, 1.165) is 6.42 Å². The van der Waals surface area contributed by atoms with Gasteiger partial charge in [-0.2, -0.15) is 5.10 Å². The van der Waals surface area contributed by atoms with Crippen LogP contribution in [0.3, 0.4) is 0 Å². The van der Waals surface area contributed by atoms with E-state index in [2.05, 4.69) is 24.4 Å². The minimum absolute atomic E-state index is 0.136. The molecule has 0 aromatic heterocycles. The van der Waals surface area contributed by atoms with Crippen LogP contribution in [0, 0.1) is 5.82 Å². The van der Waals surface area contributed by atoms with Crippen LogP contribution in [0.15, 0.2) is 53.6 Å². The molecule has 2 rings (SSSR count). The standard InChI is InChI=1S/C19H21FN2O2/c1-3-14(2)16-7-9-18(10-8-16)24-13-19(23)22-21-12-15-5-4-6-17(20)11-15/h4-12,14H,3,13H2,1-2H3,(H,22,23). The van der Waals surface area contributed by atoms with Gasteiger partial charge in [0.25, 0.3) is 5.91 Å². The second-order valence-corrected chi connectivity index (χ2v) is 5.52. The lowest BCUT2D eigenvalue weighted by atomic mass is 9.99. The van der Waals surface area contributed by atoms with Crippen LogP contribution in [0.4, 0.5) is 4.39 Å². The van der Waals surface area contributed by atoms with Gasteiger partial charge in [-0.3, -0.25) is 4.79 Å². The summed E-state index contributed by atoms with van der Waals surface area (Å²) < 4.78 is 18.4. The van der Waals surface area contributed by atoms with Crippen molar-refractivity contribution in [1.29, 1.82) is 0 Å². The normalized spacial score (nSPS) is 12.1. The van der Waals surface area contributed by atoms with E-state index in [-0.39, 0.29) is 18.3 Å². The van der Waals surface area contributed by atoms with E-state index in [1.807, 2.05) is 24.3 Å². The zero-order valence-electron chi connectivity index (χ0n) is 13.8. The Balaban J connectivity index is 1.78. The number of nitrogens with one attached hydrogen (secondary N) is 1. The molecule has 1 atom stereocenters. The first-order chi connectivity index (χ1) is 11.6. The largest absolute Gasteiger partial charge is 0.484 e. The third kappa shape index (κ3) is 5.50. The molecule has 0 aliphatic carbocycles. The van der Waals surface area contributed by atoms with Gasteiger partial charge in [0.1, 0.15) is 11.6 Å². The third-order valence-corrected chi connectivity index (χ3v) is 3.68. The lowest BCUT2D eigenvalue weighted by Crippen LogP contribution is -2.24. The number of benzene rings is 2. The van der Waals surface area contributed by atoms with Crippen LogP contribution in [0.25, 0.3) is 0 Å². The van der Waals surface area contributed by atoms with E-state index in [4.69, 9.17) is 4.74 Å². The Morgan fingerprint density at radius 3 is 2.71 bits per heavy atom. The molecule has 1 N–H and O–H groups in total. The van der Waals surface area contributed by atoms with Crippen molar-refractivity contribution in [2.24, 2.45) is 5.10 Å². The monoisotopic (exact) mass is 328 g/mol. The summed E-state index contributed by atoms with van der Waals surface area (Å²) in [6, 6.07) is 13.6. The van der Waals surface area contributed by atoms with Gasteiger partial charge in [0.2, 0.25) is 0 Å². The summed E-state index contributed by atoms with van der Waals surface area (Å²) in [6.45, 7) is 4.17. The van der Waals surface area contributed by atoms with E-state index < -0.39 is 0 Å². The molecule has 0 bridgehead atoms. The first-order valence-electron chi connectivity index (χ1n) is 7.88. The van der Waals surface area contributed by atoms with E-state index in [0.29, 0.717) is 17.2 Å². The summed E-state index contributed by atoms with van der Waals surface area (Å²) in [6.07, 6.45) is 2.45. The predicted molar refractivity (Wildman–Crippen MR) is 92.8 cm³/mol. The van der Waals surface area contributed by atoms with Crippen molar-refractivity contribution in [3.63, 3.8) is 0 Å². The molecule has 0 aliphatic rings. The molecule has 1 amide bonds. The van der Waals surface area contributed by atoms with Crippen molar-refractivity contribution in [3.8, 4) is 5.75 Å². The number of rotatable bonds is 7. The maximum absolute atomic E-state index is 13.0. The number of hydrogen-bond acceptors (Lipinski definition) is 3. The summed E-state index contributed by atoms with van der Waals surface area (Å²) in [7, 11) is 0. The number of ether oxygens (including phenoxy) is 1. The van der Waals surface area contributed by atoms with Crippen LogP contribution in [0.2, 0.25) is 0 Å². The first kappa shape index (κ1) is 17.7. The zero-order valence-corrected chi connectivity index (χ0v) is 13.8. The molecule has 24 heavy (non-hydrogen) atoms. The third-order valence-electron chi connectivity index (χ3n) is 3.68. The Bertz CT molecular complexity index is 699. The van der Waals surface area contributed by atoms with Crippen molar-refractivity contribution in [2.75, 3.05) is 6.61 Å². The summed E-state index contributed by atoms with van der Waals surface area (Å²) in [5, 5.41) is 3.77. The summed E-state index contributed by atoms with van der Waals surface area (Å²) in [5.41, 5.74) is 4.15. The summed E-state index contributed by atoms with van der Waals surface area (Å²) in [5.74, 6) is 0.397. The molecule has 4 nitrogen and oxygen atoms in total. The molecule has 126 valence electrons. The molecule has 0 fully saturated rings. The lowest BCUT2D eigenvalue weighted by Gasteiger charge is -2.10. The van der Waals surface area contributed by atoms with Gasteiger partial charge < -0.3 is 4.74 Å². The Kier molecular flexibility index (Phi) is 6.49. The number of amides is 1. The summed E-state index contributed by atoms with van der Waals surface area (Å²) in [4.78, 5) is 11.7. The molecule has 0 radical (unpaired) electrons. The van der Waals surface area contributed by atoms with Crippen LogP contribution in [-0.2, 0) is 4.79 Å². The van der Waals surface area contributed by atoms with Crippen molar-refractivity contribution < 1.29 is 13.9 Å². The number of hydrogen-bond donors (Lipinski definition) is 1. The Labute approximate surface area is 141 Å². The number of hydrazone groups is 1. The molecule has 2 aromatic rings. The van der Waals surface area contributed by atoms with Gasteiger partial charge in [-0.25, -0.2) is 9.82 Å². The predicted octanol–water partition coefficient (Wildman–Crippen LogP) is 3.87. The average Bonchev–Trinajstić information content (AvgIpc) is 2.60. The van der Waals surface area contributed by atoms with E-state index in [1.54, 1.807) is 12.1 Å². The van der Waals surface area contributed by atoms with Crippen molar-refractivity contribution in [3.05, 3.63) is 65.5 Å².